The van der Waals surface area contributed by atoms with Crippen molar-refractivity contribution in [2.45, 2.75) is 71.8 Å². The largest absolute Gasteiger partial charge is 0.504 e. The quantitative estimate of drug-likeness (QED) is 0.0428. The number of nitrogens with one attached hydrogen (secondary N) is 1. The molecule has 0 saturated carbocycles. The van der Waals surface area contributed by atoms with Gasteiger partial charge >= 0.3 is 5.69 Å². The molecular weight excluding hydrogens is 534 g/mol. The minimum atomic E-state index is -0.838. The van der Waals surface area contributed by atoms with Crippen molar-refractivity contribution in [2.75, 3.05) is 17.6 Å². The van der Waals surface area contributed by atoms with Gasteiger partial charge in [0.1, 0.15) is 5.69 Å². The number of hydrogen-bond donors (Lipinski definition) is 4. The van der Waals surface area contributed by atoms with E-state index < -0.39 is 27.7 Å². The Morgan fingerprint density at radius 3 is 2.29 bits per heavy atom. The molecule has 0 amide bonds. The molecule has 3 aromatic carbocycles. The molecule has 0 aliphatic rings. The molecular formula is C32H41N5O5. The first kappa shape index (κ1) is 31.9. The van der Waals surface area contributed by atoms with Crippen molar-refractivity contribution in [2.24, 2.45) is 0 Å². The number of fused-ring (bicyclic) bond motifs is 1. The number of aromatic hydroxyl groups is 2. The van der Waals surface area contributed by atoms with E-state index in [-0.39, 0.29) is 11.3 Å². The van der Waals surface area contributed by atoms with Crippen LogP contribution in [-0.4, -0.2) is 31.2 Å². The van der Waals surface area contributed by atoms with Gasteiger partial charge in [-0.05, 0) is 43.2 Å². The highest BCUT2D eigenvalue weighted by atomic mass is 16.6. The molecule has 0 aliphatic carbocycles. The van der Waals surface area contributed by atoms with E-state index in [9.17, 15) is 25.1 Å². The summed E-state index contributed by atoms with van der Waals surface area (Å²) in [5.74, 6) is -1.51. The van der Waals surface area contributed by atoms with Crippen molar-refractivity contribution in [3.8, 4) is 22.8 Å². The second-order valence-corrected chi connectivity index (χ2v) is 10.2. The topological polar surface area (TPSA) is 157 Å². The van der Waals surface area contributed by atoms with Gasteiger partial charge in [-0.3, -0.25) is 14.9 Å². The van der Waals surface area contributed by atoms with Crippen LogP contribution in [-0.2, 0) is 6.54 Å². The number of phenols is 2. The normalized spacial score (nSPS) is 10.7. The highest BCUT2D eigenvalue weighted by Crippen LogP contribution is 2.38. The molecule has 0 radical (unpaired) electrons. The summed E-state index contributed by atoms with van der Waals surface area (Å²) in [4.78, 5) is 27.8. The van der Waals surface area contributed by atoms with Gasteiger partial charge in [0.05, 0.1) is 27.3 Å². The number of anilines is 2. The van der Waals surface area contributed by atoms with E-state index in [0.29, 0.717) is 17.6 Å². The summed E-state index contributed by atoms with van der Waals surface area (Å²) in [5.41, 5.74) is 7.95. The molecule has 4 aromatic rings. The zero-order valence-electron chi connectivity index (χ0n) is 24.4. The molecule has 0 bridgehead atoms. The number of unbranched alkanes of at least 4 members (excludes halogenated alkanes) is 6. The molecule has 0 fully saturated rings. The highest BCUT2D eigenvalue weighted by molar-refractivity contribution is 5.79. The van der Waals surface area contributed by atoms with Crippen molar-refractivity contribution in [3.63, 3.8) is 0 Å². The molecule has 4 rings (SSSR count). The number of hydrogen-bond acceptors (Lipinski definition) is 8. The number of rotatable bonds is 13. The van der Waals surface area contributed by atoms with Gasteiger partial charge in [0.15, 0.2) is 5.75 Å². The number of nitrogens with zero attached hydrogens (tertiary/aromatic N) is 3. The van der Waals surface area contributed by atoms with Gasteiger partial charge in [-0.25, -0.2) is 4.98 Å². The molecule has 224 valence electrons. The fourth-order valence-corrected chi connectivity index (χ4v) is 4.61. The third-order valence-corrected chi connectivity index (χ3v) is 6.93. The van der Waals surface area contributed by atoms with E-state index in [1.54, 1.807) is 16.7 Å². The van der Waals surface area contributed by atoms with Crippen molar-refractivity contribution in [3.05, 3.63) is 81.1 Å². The number of para-hydroxylation sites is 4. The average molecular weight is 576 g/mol. The number of benzene rings is 3. The van der Waals surface area contributed by atoms with E-state index in [0.717, 1.165) is 55.7 Å². The lowest BCUT2D eigenvalue weighted by Gasteiger charge is -2.13. The Morgan fingerprint density at radius 2 is 1.60 bits per heavy atom. The maximum Gasteiger partial charge on any atom is 0.315 e. The van der Waals surface area contributed by atoms with Gasteiger partial charge in [-0.15, -0.1) is 0 Å². The Balaban J connectivity index is 0.000000291. The predicted molar refractivity (Wildman–Crippen MR) is 169 cm³/mol. The molecule has 0 atom stereocenters. The van der Waals surface area contributed by atoms with E-state index in [1.165, 1.54) is 25.7 Å². The predicted octanol–water partition coefficient (Wildman–Crippen LogP) is 7.22. The van der Waals surface area contributed by atoms with Crippen LogP contribution < -0.4 is 16.6 Å². The minimum Gasteiger partial charge on any atom is -0.504 e. The number of nitro groups is 1. The Bertz CT molecular complexity index is 1540. The molecule has 1 heterocycles. The number of phenolic OH excluding ortho intramolecular Hbond substituents is 2. The van der Waals surface area contributed by atoms with Crippen LogP contribution in [0.4, 0.5) is 17.1 Å². The lowest BCUT2D eigenvalue weighted by molar-refractivity contribution is -0.385. The molecule has 10 heteroatoms. The summed E-state index contributed by atoms with van der Waals surface area (Å²) >= 11 is 0. The first-order valence-corrected chi connectivity index (χ1v) is 14.6. The van der Waals surface area contributed by atoms with Gasteiger partial charge in [0.25, 0.3) is 5.56 Å². The van der Waals surface area contributed by atoms with Crippen molar-refractivity contribution in [1.29, 1.82) is 0 Å². The first-order chi connectivity index (χ1) is 20.3. The van der Waals surface area contributed by atoms with Crippen LogP contribution >= 0.6 is 0 Å². The summed E-state index contributed by atoms with van der Waals surface area (Å²) < 4.78 is 1.61. The number of aryl methyl sites for hydroxylation is 1. The molecule has 0 unspecified atom stereocenters. The van der Waals surface area contributed by atoms with Gasteiger partial charge in [0, 0.05) is 24.7 Å². The summed E-state index contributed by atoms with van der Waals surface area (Å²) in [6.45, 7) is 5.86. The third-order valence-electron chi connectivity index (χ3n) is 6.93. The molecule has 42 heavy (non-hydrogen) atoms. The summed E-state index contributed by atoms with van der Waals surface area (Å²) in [5, 5.41) is 34.1. The maximum absolute atomic E-state index is 13.1. The SMILES string of the molecule is CCCCCCNc1ccccc1N.CCCCCCn1c(=O)c(-c2cc(O)c(O)c([N+](=O)[O-])c2)nc2ccccc21. The van der Waals surface area contributed by atoms with Crippen LogP contribution in [0.2, 0.25) is 0 Å². The zero-order valence-corrected chi connectivity index (χ0v) is 24.4. The minimum absolute atomic E-state index is 0.00686. The zero-order chi connectivity index (χ0) is 30.5. The van der Waals surface area contributed by atoms with E-state index >= 15 is 0 Å². The monoisotopic (exact) mass is 575 g/mol. The van der Waals surface area contributed by atoms with Crippen molar-refractivity contribution < 1.29 is 15.1 Å². The average Bonchev–Trinajstić information content (AvgIpc) is 2.98. The summed E-state index contributed by atoms with van der Waals surface area (Å²) in [6.07, 6.45) is 9.09. The highest BCUT2D eigenvalue weighted by Gasteiger charge is 2.22. The smallest absolute Gasteiger partial charge is 0.315 e. The van der Waals surface area contributed by atoms with Gasteiger partial charge < -0.3 is 25.8 Å². The Hall–Kier alpha value is -4.60. The molecule has 1 aromatic heterocycles. The fourth-order valence-electron chi connectivity index (χ4n) is 4.61. The Kier molecular flexibility index (Phi) is 12.2. The standard InChI is InChI=1S/C20H21N3O5.C12H20N2/c1-2-3-4-7-10-22-15-9-6-5-8-14(15)21-18(20(22)26)13-11-16(23(27)28)19(25)17(24)12-13;1-2-3-4-7-10-14-12-9-6-5-8-11(12)13/h5-6,8-9,11-12,24-25H,2-4,7,10H2,1H3;5-6,8-9,14H,2-4,7,10,13H2,1H3. The Labute approximate surface area is 246 Å². The van der Waals surface area contributed by atoms with Gasteiger partial charge in [0.2, 0.25) is 5.75 Å². The molecule has 0 spiro atoms. The first-order valence-electron chi connectivity index (χ1n) is 14.6. The van der Waals surface area contributed by atoms with Crippen molar-refractivity contribution >= 4 is 28.1 Å². The second-order valence-electron chi connectivity index (χ2n) is 10.2. The van der Waals surface area contributed by atoms with E-state index in [1.807, 2.05) is 36.4 Å². The fraction of sp³-hybridized carbons (Fsp3) is 0.375. The number of aromatic nitrogens is 2. The van der Waals surface area contributed by atoms with Crippen LogP contribution in [0, 0.1) is 10.1 Å². The van der Waals surface area contributed by atoms with Crippen LogP contribution in [0.3, 0.4) is 0 Å². The van der Waals surface area contributed by atoms with Crippen LogP contribution in [0.15, 0.2) is 65.5 Å². The van der Waals surface area contributed by atoms with Crippen LogP contribution in [0.5, 0.6) is 11.5 Å². The number of nitrogens with two attached hydrogens (primary N) is 1. The van der Waals surface area contributed by atoms with Gasteiger partial charge in [-0.1, -0.05) is 76.6 Å². The number of nitrogen functional groups attached to an aromatic ring is 1. The third kappa shape index (κ3) is 8.45. The van der Waals surface area contributed by atoms with Gasteiger partial charge in [-0.2, -0.15) is 0 Å². The van der Waals surface area contributed by atoms with E-state index in [4.69, 9.17) is 5.73 Å². The lowest BCUT2D eigenvalue weighted by Crippen LogP contribution is -2.24. The molecule has 0 aliphatic heterocycles. The number of nitro benzene ring substituents is 1. The van der Waals surface area contributed by atoms with Crippen molar-refractivity contribution in [1.82, 2.24) is 9.55 Å². The molecule has 10 nitrogen and oxygen atoms in total. The molecule has 5 N–H and O–H groups in total. The van der Waals surface area contributed by atoms with E-state index in [2.05, 4.69) is 24.1 Å². The summed E-state index contributed by atoms with van der Waals surface area (Å²) in [6, 6.07) is 17.3. The lowest BCUT2D eigenvalue weighted by atomic mass is 10.1. The second kappa shape index (κ2) is 16.0. The van der Waals surface area contributed by atoms with Crippen LogP contribution in [0.1, 0.15) is 65.2 Å². The summed E-state index contributed by atoms with van der Waals surface area (Å²) in [7, 11) is 0. The Morgan fingerprint density at radius 1 is 0.929 bits per heavy atom. The molecule has 0 saturated heterocycles. The maximum atomic E-state index is 13.1. The van der Waals surface area contributed by atoms with Crippen LogP contribution in [0.25, 0.3) is 22.3 Å².